The smallest absolute Gasteiger partial charge is 0.260 e. The van der Waals surface area contributed by atoms with Gasteiger partial charge < -0.3 is 20.1 Å². The Morgan fingerprint density at radius 2 is 2.00 bits per heavy atom. The van der Waals surface area contributed by atoms with Gasteiger partial charge in [-0.25, -0.2) is 0 Å². The molecule has 1 amide bonds. The predicted octanol–water partition coefficient (Wildman–Crippen LogP) is 4.86. The third kappa shape index (κ3) is 4.94. The van der Waals surface area contributed by atoms with Crippen LogP contribution in [0.4, 0.5) is 5.69 Å². The maximum atomic E-state index is 12.4. The largest absolute Gasteiger partial charge is 0.493 e. The molecule has 0 aromatic heterocycles. The van der Waals surface area contributed by atoms with E-state index in [2.05, 4.69) is 52.3 Å². The Kier molecular flexibility index (Phi) is 7.12. The zero-order valence-electron chi connectivity index (χ0n) is 16.0. The number of hydrogen-bond donors (Lipinski definition) is 2. The van der Waals surface area contributed by atoms with Crippen LogP contribution in [0.1, 0.15) is 25.0 Å². The minimum absolute atomic E-state index is 0.0875. The van der Waals surface area contributed by atoms with Crippen LogP contribution >= 0.6 is 34.4 Å². The third-order valence-corrected chi connectivity index (χ3v) is 6.06. The Morgan fingerprint density at radius 1 is 1.25 bits per heavy atom. The lowest BCUT2D eigenvalue weighted by atomic mass is 10.1. The normalized spacial score (nSPS) is 17.5. The van der Waals surface area contributed by atoms with Gasteiger partial charge in [0, 0.05) is 5.69 Å². The van der Waals surface area contributed by atoms with Gasteiger partial charge in [-0.15, -0.1) is 0 Å². The van der Waals surface area contributed by atoms with Crippen molar-refractivity contribution in [2.24, 2.45) is 0 Å². The Labute approximate surface area is 183 Å². The molecule has 1 aliphatic rings. The van der Waals surface area contributed by atoms with E-state index < -0.39 is 0 Å². The molecule has 2 aromatic rings. The van der Waals surface area contributed by atoms with Crippen LogP contribution in [0.15, 0.2) is 41.3 Å². The molecule has 0 spiro atoms. The highest BCUT2D eigenvalue weighted by Crippen LogP contribution is 2.36. The molecule has 0 saturated carbocycles. The van der Waals surface area contributed by atoms with E-state index in [-0.39, 0.29) is 11.4 Å². The number of nitrogens with one attached hydrogen (secondary N) is 2. The van der Waals surface area contributed by atoms with Gasteiger partial charge in [0.1, 0.15) is 0 Å². The maximum absolute atomic E-state index is 12.4. The minimum Gasteiger partial charge on any atom is -0.493 e. The van der Waals surface area contributed by atoms with Crippen LogP contribution in [0.25, 0.3) is 6.08 Å². The number of anilines is 1. The second kappa shape index (κ2) is 9.56. The zero-order chi connectivity index (χ0) is 20.1. The van der Waals surface area contributed by atoms with Crippen LogP contribution < -0.4 is 20.1 Å². The van der Waals surface area contributed by atoms with Gasteiger partial charge in [0.2, 0.25) is 0 Å². The van der Waals surface area contributed by atoms with Gasteiger partial charge in [0.05, 0.1) is 22.2 Å². The fourth-order valence-electron chi connectivity index (χ4n) is 2.81. The lowest BCUT2D eigenvalue weighted by Crippen LogP contribution is -2.30. The number of halogens is 1. The van der Waals surface area contributed by atoms with Crippen molar-refractivity contribution in [3.05, 3.63) is 56.0 Å². The molecule has 2 aromatic carbocycles. The average Bonchev–Trinajstić information content (AvgIpc) is 3.03. The van der Waals surface area contributed by atoms with Crippen LogP contribution in [-0.2, 0) is 11.2 Å². The molecular formula is C21H23IN2O3S. The number of methoxy groups -OCH3 is 1. The van der Waals surface area contributed by atoms with Crippen LogP contribution in [0.5, 0.6) is 11.5 Å². The standard InChI is InChI=1S/C21H23IN2O3S/c1-4-13-6-8-15(9-7-13)23-21-24-20(25)18(28-21)12-14-10-16(22)19(27-5-2)17(11-14)26-3/h6-12,21,23H,4-5H2,1-3H3,(H,24,25)/b18-12+/t21-/m0/s1. The SMILES string of the molecule is CCOc1c(I)cc(/C=C2/S[C@@H](Nc3ccc(CC)cc3)NC2=O)cc1OC. The van der Waals surface area contributed by atoms with Crippen molar-refractivity contribution in [1.29, 1.82) is 0 Å². The van der Waals surface area contributed by atoms with E-state index in [1.807, 2.05) is 37.3 Å². The summed E-state index contributed by atoms with van der Waals surface area (Å²) in [5, 5.41) is 6.31. The number of carbonyl (C=O) groups excluding carboxylic acids is 1. The molecule has 1 aliphatic heterocycles. The number of hydrogen-bond acceptors (Lipinski definition) is 5. The summed E-state index contributed by atoms with van der Waals surface area (Å²) in [6, 6.07) is 12.1. The number of thioether (sulfide) groups is 1. The molecule has 7 heteroatoms. The lowest BCUT2D eigenvalue weighted by Gasteiger charge is -2.13. The molecule has 1 saturated heterocycles. The summed E-state index contributed by atoms with van der Waals surface area (Å²) in [5.41, 5.74) is 2.96. The van der Waals surface area contributed by atoms with E-state index in [0.29, 0.717) is 17.3 Å². The predicted molar refractivity (Wildman–Crippen MR) is 124 cm³/mol. The molecule has 3 rings (SSSR count). The van der Waals surface area contributed by atoms with Gasteiger partial charge in [-0.05, 0) is 77.4 Å². The first-order valence-electron chi connectivity index (χ1n) is 9.09. The highest BCUT2D eigenvalue weighted by Gasteiger charge is 2.27. The minimum atomic E-state index is -0.199. The Hall–Kier alpha value is -1.87. The lowest BCUT2D eigenvalue weighted by molar-refractivity contribution is -0.116. The molecule has 148 valence electrons. The second-order valence-corrected chi connectivity index (χ2v) is 8.45. The molecule has 1 fully saturated rings. The highest BCUT2D eigenvalue weighted by atomic mass is 127. The van der Waals surface area contributed by atoms with E-state index in [0.717, 1.165) is 27.0 Å². The van der Waals surface area contributed by atoms with Crippen LogP contribution in [0, 0.1) is 3.57 Å². The molecule has 0 radical (unpaired) electrons. The highest BCUT2D eigenvalue weighted by molar-refractivity contribution is 14.1. The van der Waals surface area contributed by atoms with Crippen molar-refractivity contribution in [3.63, 3.8) is 0 Å². The van der Waals surface area contributed by atoms with Crippen molar-refractivity contribution in [1.82, 2.24) is 5.32 Å². The monoisotopic (exact) mass is 510 g/mol. The van der Waals surface area contributed by atoms with Crippen LogP contribution in [0.3, 0.4) is 0 Å². The molecule has 0 aliphatic carbocycles. The fraction of sp³-hybridized carbons (Fsp3) is 0.286. The molecule has 1 heterocycles. The van der Waals surface area contributed by atoms with Gasteiger partial charge in [-0.1, -0.05) is 30.8 Å². The van der Waals surface area contributed by atoms with Gasteiger partial charge in [-0.2, -0.15) is 0 Å². The summed E-state index contributed by atoms with van der Waals surface area (Å²) in [5.74, 6) is 1.30. The van der Waals surface area contributed by atoms with E-state index in [1.54, 1.807) is 7.11 Å². The van der Waals surface area contributed by atoms with Gasteiger partial charge in [0.25, 0.3) is 5.91 Å². The van der Waals surface area contributed by atoms with E-state index in [4.69, 9.17) is 9.47 Å². The first-order valence-corrected chi connectivity index (χ1v) is 11.0. The second-order valence-electron chi connectivity index (χ2n) is 6.14. The number of amides is 1. The van der Waals surface area contributed by atoms with Gasteiger partial charge in [-0.3, -0.25) is 4.79 Å². The summed E-state index contributed by atoms with van der Waals surface area (Å²) >= 11 is 3.69. The van der Waals surface area contributed by atoms with Crippen LogP contribution in [0.2, 0.25) is 0 Å². The Bertz CT molecular complexity index is 884. The molecule has 2 N–H and O–H groups in total. The summed E-state index contributed by atoms with van der Waals surface area (Å²) in [6.07, 6.45) is 2.88. The summed E-state index contributed by atoms with van der Waals surface area (Å²) < 4.78 is 12.1. The summed E-state index contributed by atoms with van der Waals surface area (Å²) in [6.45, 7) is 4.63. The van der Waals surface area contributed by atoms with Crippen molar-refractivity contribution < 1.29 is 14.3 Å². The van der Waals surface area contributed by atoms with Gasteiger partial charge in [0.15, 0.2) is 17.0 Å². The molecule has 0 bridgehead atoms. The van der Waals surface area contributed by atoms with Crippen molar-refractivity contribution in [3.8, 4) is 11.5 Å². The topological polar surface area (TPSA) is 59.6 Å². The number of rotatable bonds is 7. The average molecular weight is 510 g/mol. The molecule has 5 nitrogen and oxygen atoms in total. The van der Waals surface area contributed by atoms with Gasteiger partial charge >= 0.3 is 0 Å². The number of aryl methyl sites for hydroxylation is 1. The third-order valence-electron chi connectivity index (χ3n) is 4.23. The van der Waals surface area contributed by atoms with Crippen molar-refractivity contribution in [2.75, 3.05) is 19.0 Å². The van der Waals surface area contributed by atoms with Crippen molar-refractivity contribution in [2.45, 2.75) is 25.8 Å². The zero-order valence-corrected chi connectivity index (χ0v) is 19.0. The summed E-state index contributed by atoms with van der Waals surface area (Å²) in [7, 11) is 1.62. The maximum Gasteiger partial charge on any atom is 0.260 e. The molecule has 28 heavy (non-hydrogen) atoms. The number of ether oxygens (including phenoxy) is 2. The number of carbonyl (C=O) groups is 1. The Balaban J connectivity index is 1.75. The first-order chi connectivity index (χ1) is 13.5. The molecular weight excluding hydrogens is 487 g/mol. The molecule has 0 unspecified atom stereocenters. The van der Waals surface area contributed by atoms with Crippen molar-refractivity contribution >= 4 is 52.0 Å². The summed E-state index contributed by atoms with van der Waals surface area (Å²) in [4.78, 5) is 13.0. The van der Waals surface area contributed by atoms with E-state index >= 15 is 0 Å². The number of benzene rings is 2. The first kappa shape index (κ1) is 20.9. The molecule has 1 atom stereocenters. The van der Waals surface area contributed by atoms with Crippen LogP contribution in [-0.4, -0.2) is 25.1 Å². The van der Waals surface area contributed by atoms with E-state index in [9.17, 15) is 4.79 Å². The Morgan fingerprint density at radius 3 is 2.64 bits per heavy atom. The quantitative estimate of drug-likeness (QED) is 0.412. The fourth-order valence-corrected chi connectivity index (χ4v) is 4.58. The van der Waals surface area contributed by atoms with E-state index in [1.165, 1.54) is 17.3 Å².